The molecule has 10 heteroatoms. The summed E-state index contributed by atoms with van der Waals surface area (Å²) in [7, 11) is 0. The van der Waals surface area contributed by atoms with Gasteiger partial charge in [-0.05, 0) is 36.8 Å². The first kappa shape index (κ1) is 23.7. The molecule has 2 atom stereocenters. The standard InChI is InChI=1S/C27H22F5N3O2/c1-25(19-5-2-4-16-10-11-36-24(16)19)14-26(37-25,27(30,31)32)15-33-21-6-3-7-22-18(21)13-34-35(22)23-9-8-17(28)12-20(23)29/h2-9,12-13,33H,10-11,14-15H2,1H3. The third-order valence-corrected chi connectivity index (χ3v) is 7.16. The van der Waals surface area contributed by atoms with Crippen LogP contribution < -0.4 is 10.1 Å². The van der Waals surface area contributed by atoms with Gasteiger partial charge in [0.05, 0.1) is 30.5 Å². The van der Waals surface area contributed by atoms with Gasteiger partial charge < -0.3 is 14.8 Å². The number of alkyl halides is 3. The minimum Gasteiger partial charge on any atom is -0.493 e. The van der Waals surface area contributed by atoms with Crippen molar-refractivity contribution in [3.8, 4) is 11.4 Å². The van der Waals surface area contributed by atoms with Crippen LogP contribution in [0.1, 0.15) is 24.5 Å². The third kappa shape index (κ3) is 3.73. The van der Waals surface area contributed by atoms with E-state index in [0.29, 0.717) is 40.9 Å². The molecular weight excluding hydrogens is 493 g/mol. The molecule has 0 bridgehead atoms. The van der Waals surface area contributed by atoms with Crippen molar-refractivity contribution in [2.75, 3.05) is 18.5 Å². The second kappa shape index (κ2) is 8.17. The molecule has 0 aliphatic carbocycles. The lowest BCUT2D eigenvalue weighted by molar-refractivity contribution is -0.380. The van der Waals surface area contributed by atoms with Crippen LogP contribution in [0.3, 0.4) is 0 Å². The van der Waals surface area contributed by atoms with E-state index in [-0.39, 0.29) is 12.1 Å². The maximum atomic E-state index is 14.4. The van der Waals surface area contributed by atoms with Crippen LogP contribution in [-0.2, 0) is 16.8 Å². The Kier molecular flexibility index (Phi) is 5.24. The number of nitrogens with one attached hydrogen (secondary N) is 1. The Morgan fingerprint density at radius 3 is 2.62 bits per heavy atom. The summed E-state index contributed by atoms with van der Waals surface area (Å²) in [5, 5.41) is 7.56. The molecule has 37 heavy (non-hydrogen) atoms. The summed E-state index contributed by atoms with van der Waals surface area (Å²) in [5.41, 5.74) is -1.12. The smallest absolute Gasteiger partial charge is 0.419 e. The summed E-state index contributed by atoms with van der Waals surface area (Å²) in [6, 6.07) is 13.5. The number of anilines is 1. The van der Waals surface area contributed by atoms with Gasteiger partial charge in [-0.25, -0.2) is 13.5 Å². The van der Waals surface area contributed by atoms with E-state index in [9.17, 15) is 22.0 Å². The van der Waals surface area contributed by atoms with Gasteiger partial charge in [-0.1, -0.05) is 24.3 Å². The van der Waals surface area contributed by atoms with Crippen molar-refractivity contribution < 1.29 is 31.4 Å². The van der Waals surface area contributed by atoms with Gasteiger partial charge >= 0.3 is 6.18 Å². The predicted molar refractivity (Wildman–Crippen MR) is 127 cm³/mol. The Labute approximate surface area is 208 Å². The average Bonchev–Trinajstić information content (AvgIpc) is 3.47. The highest BCUT2D eigenvalue weighted by atomic mass is 19.4. The molecule has 3 aromatic carbocycles. The molecule has 1 N–H and O–H groups in total. The molecule has 0 spiro atoms. The van der Waals surface area contributed by atoms with Gasteiger partial charge in [0.1, 0.15) is 17.3 Å². The minimum absolute atomic E-state index is 0.0241. The fourth-order valence-corrected chi connectivity index (χ4v) is 5.39. The zero-order chi connectivity index (χ0) is 26.0. The van der Waals surface area contributed by atoms with Crippen molar-refractivity contribution in [1.29, 1.82) is 0 Å². The Morgan fingerprint density at radius 2 is 1.86 bits per heavy atom. The Hall–Kier alpha value is -3.66. The fraction of sp³-hybridized carbons (Fsp3) is 0.296. The van der Waals surface area contributed by atoms with Crippen LogP contribution in [0.25, 0.3) is 16.6 Å². The van der Waals surface area contributed by atoms with Crippen LogP contribution in [0.5, 0.6) is 5.75 Å². The molecule has 192 valence electrons. The molecule has 0 saturated carbocycles. The third-order valence-electron chi connectivity index (χ3n) is 7.16. The molecule has 2 aliphatic rings. The molecule has 0 radical (unpaired) electrons. The van der Waals surface area contributed by atoms with E-state index in [1.54, 1.807) is 31.2 Å². The molecule has 1 fully saturated rings. The molecule has 1 aromatic heterocycles. The van der Waals surface area contributed by atoms with Gasteiger partial charge in [0.25, 0.3) is 0 Å². The lowest BCUT2D eigenvalue weighted by Gasteiger charge is -2.55. The molecule has 2 aliphatic heterocycles. The van der Waals surface area contributed by atoms with Crippen molar-refractivity contribution in [3.63, 3.8) is 0 Å². The first-order chi connectivity index (χ1) is 17.6. The van der Waals surface area contributed by atoms with E-state index in [1.807, 2.05) is 12.1 Å². The number of hydrogen-bond donors (Lipinski definition) is 1. The average molecular weight is 515 g/mol. The monoisotopic (exact) mass is 515 g/mol. The van der Waals surface area contributed by atoms with Crippen molar-refractivity contribution in [3.05, 3.63) is 83.6 Å². The molecule has 2 unspecified atom stereocenters. The number of hydrogen-bond acceptors (Lipinski definition) is 4. The van der Waals surface area contributed by atoms with Gasteiger partial charge in [0, 0.05) is 35.5 Å². The molecule has 5 nitrogen and oxygen atoms in total. The highest BCUT2D eigenvalue weighted by Crippen LogP contribution is 2.57. The van der Waals surface area contributed by atoms with Gasteiger partial charge in [0.15, 0.2) is 11.4 Å². The van der Waals surface area contributed by atoms with Crippen molar-refractivity contribution in [1.82, 2.24) is 9.78 Å². The Balaban J connectivity index is 1.28. The van der Waals surface area contributed by atoms with E-state index in [1.165, 1.54) is 16.9 Å². The highest BCUT2D eigenvalue weighted by molar-refractivity contribution is 5.92. The number of nitrogens with zero attached hydrogens (tertiary/aromatic N) is 2. The summed E-state index contributed by atoms with van der Waals surface area (Å²) >= 11 is 0. The van der Waals surface area contributed by atoms with E-state index in [2.05, 4.69) is 10.4 Å². The quantitative estimate of drug-likeness (QED) is 0.318. The van der Waals surface area contributed by atoms with E-state index in [0.717, 1.165) is 17.7 Å². The number of aromatic nitrogens is 2. The molecule has 4 aromatic rings. The fourth-order valence-electron chi connectivity index (χ4n) is 5.39. The summed E-state index contributed by atoms with van der Waals surface area (Å²) in [6.45, 7) is 1.61. The molecular formula is C27H22F5N3O2. The second-order valence-electron chi connectivity index (χ2n) is 9.64. The van der Waals surface area contributed by atoms with Gasteiger partial charge in [-0.2, -0.15) is 18.3 Å². The normalized spacial score (nSPS) is 23.0. The Bertz CT molecular complexity index is 1510. The van der Waals surface area contributed by atoms with Crippen molar-refractivity contribution in [2.45, 2.75) is 37.1 Å². The maximum Gasteiger partial charge on any atom is 0.419 e. The molecule has 0 amide bonds. The maximum absolute atomic E-state index is 14.4. The zero-order valence-electron chi connectivity index (χ0n) is 19.7. The summed E-state index contributed by atoms with van der Waals surface area (Å²) in [4.78, 5) is 0. The van der Waals surface area contributed by atoms with Gasteiger partial charge in [0.2, 0.25) is 0 Å². The number of rotatable bonds is 5. The van der Waals surface area contributed by atoms with Gasteiger partial charge in [-0.15, -0.1) is 0 Å². The van der Waals surface area contributed by atoms with Crippen LogP contribution in [0.15, 0.2) is 60.8 Å². The number of benzene rings is 3. The lowest BCUT2D eigenvalue weighted by atomic mass is 9.74. The zero-order valence-corrected chi connectivity index (χ0v) is 19.7. The second-order valence-corrected chi connectivity index (χ2v) is 9.64. The van der Waals surface area contributed by atoms with Crippen molar-refractivity contribution in [2.24, 2.45) is 0 Å². The predicted octanol–water partition coefficient (Wildman–Crippen LogP) is 6.29. The van der Waals surface area contributed by atoms with Gasteiger partial charge in [-0.3, -0.25) is 0 Å². The molecule has 3 heterocycles. The van der Waals surface area contributed by atoms with Crippen molar-refractivity contribution >= 4 is 16.6 Å². The van der Waals surface area contributed by atoms with Crippen LogP contribution >= 0.6 is 0 Å². The van der Waals surface area contributed by atoms with Crippen LogP contribution in [0.2, 0.25) is 0 Å². The SMILES string of the molecule is CC1(c2cccc3c2OCC3)CC(CNc2cccc3c2cnn3-c2ccc(F)cc2F)(C(F)(F)F)O1. The number of ether oxygens (including phenoxy) is 2. The molecule has 1 saturated heterocycles. The number of halogens is 5. The van der Waals surface area contributed by atoms with E-state index >= 15 is 0 Å². The Morgan fingerprint density at radius 1 is 1.08 bits per heavy atom. The van der Waals surface area contributed by atoms with E-state index in [4.69, 9.17) is 9.47 Å². The topological polar surface area (TPSA) is 48.3 Å². The number of para-hydroxylation sites is 1. The highest BCUT2D eigenvalue weighted by Gasteiger charge is 2.68. The minimum atomic E-state index is -4.63. The van der Waals surface area contributed by atoms with Crippen LogP contribution in [0, 0.1) is 11.6 Å². The number of fused-ring (bicyclic) bond motifs is 2. The summed E-state index contributed by atoms with van der Waals surface area (Å²) in [6.07, 6.45) is -2.78. The summed E-state index contributed by atoms with van der Waals surface area (Å²) < 4.78 is 83.4. The largest absolute Gasteiger partial charge is 0.493 e. The first-order valence-corrected chi connectivity index (χ1v) is 11.8. The first-order valence-electron chi connectivity index (χ1n) is 11.8. The van der Waals surface area contributed by atoms with E-state index < -0.39 is 35.6 Å². The lowest BCUT2D eigenvalue weighted by Crippen LogP contribution is -2.67. The molecule has 6 rings (SSSR count). The summed E-state index contributed by atoms with van der Waals surface area (Å²) in [5.74, 6) is -0.922. The van der Waals surface area contributed by atoms with Crippen LogP contribution in [-0.4, -0.2) is 34.7 Å². The van der Waals surface area contributed by atoms with Crippen LogP contribution in [0.4, 0.5) is 27.6 Å².